The van der Waals surface area contributed by atoms with Crippen molar-refractivity contribution in [3.8, 4) is 0 Å². The predicted molar refractivity (Wildman–Crippen MR) is 71.8 cm³/mol. The molecule has 0 unspecified atom stereocenters. The predicted octanol–water partition coefficient (Wildman–Crippen LogP) is 2.91. The first-order valence-corrected chi connectivity index (χ1v) is 5.75. The Morgan fingerprint density at radius 3 is 2.39 bits per heavy atom. The van der Waals surface area contributed by atoms with Crippen molar-refractivity contribution >= 4 is 29.0 Å². The fourth-order valence-electron chi connectivity index (χ4n) is 2.04. The molecular formula is C13H9ClN4. The van der Waals surface area contributed by atoms with Crippen molar-refractivity contribution in [1.82, 2.24) is 4.98 Å². The van der Waals surface area contributed by atoms with E-state index in [-0.39, 0.29) is 16.8 Å². The van der Waals surface area contributed by atoms with Crippen LogP contribution in [0.15, 0.2) is 42.6 Å². The first kappa shape index (κ1) is 10.9. The second-order valence-electron chi connectivity index (χ2n) is 3.89. The van der Waals surface area contributed by atoms with Gasteiger partial charge in [-0.15, -0.1) is 0 Å². The van der Waals surface area contributed by atoms with Crippen molar-refractivity contribution in [1.29, 1.82) is 10.8 Å². The van der Waals surface area contributed by atoms with Gasteiger partial charge in [0.15, 0.2) is 0 Å². The van der Waals surface area contributed by atoms with Crippen molar-refractivity contribution in [2.24, 2.45) is 0 Å². The van der Waals surface area contributed by atoms with E-state index in [4.69, 9.17) is 22.4 Å². The third kappa shape index (κ3) is 1.43. The van der Waals surface area contributed by atoms with Gasteiger partial charge in [0.2, 0.25) is 0 Å². The molecule has 2 aromatic rings. The molecule has 1 aromatic heterocycles. The van der Waals surface area contributed by atoms with Gasteiger partial charge in [0.05, 0.1) is 5.56 Å². The molecule has 0 bridgehead atoms. The Bertz CT molecular complexity index is 651. The summed E-state index contributed by atoms with van der Waals surface area (Å²) >= 11 is 6.01. The van der Waals surface area contributed by atoms with Gasteiger partial charge in [0.25, 0.3) is 0 Å². The number of para-hydroxylation sites is 1. The number of rotatable bonds is 1. The van der Waals surface area contributed by atoms with Crippen LogP contribution in [0.2, 0.25) is 5.15 Å². The molecule has 0 saturated carbocycles. The van der Waals surface area contributed by atoms with Crippen molar-refractivity contribution in [2.75, 3.05) is 4.90 Å². The van der Waals surface area contributed by atoms with Gasteiger partial charge in [0.1, 0.15) is 16.8 Å². The second-order valence-corrected chi connectivity index (χ2v) is 4.25. The third-order valence-electron chi connectivity index (χ3n) is 2.86. The first-order valence-electron chi connectivity index (χ1n) is 5.37. The van der Waals surface area contributed by atoms with E-state index < -0.39 is 0 Å². The van der Waals surface area contributed by atoms with Crippen LogP contribution in [0.25, 0.3) is 0 Å². The molecule has 0 aliphatic carbocycles. The molecule has 0 spiro atoms. The molecule has 1 aliphatic heterocycles. The highest BCUT2D eigenvalue weighted by Gasteiger charge is 2.33. The van der Waals surface area contributed by atoms with Gasteiger partial charge in [-0.3, -0.25) is 15.7 Å². The molecule has 0 atom stereocenters. The zero-order valence-electron chi connectivity index (χ0n) is 9.31. The molecule has 0 radical (unpaired) electrons. The number of hydrogen-bond acceptors (Lipinski definition) is 3. The van der Waals surface area contributed by atoms with Crippen molar-refractivity contribution in [3.63, 3.8) is 0 Å². The zero-order valence-corrected chi connectivity index (χ0v) is 10.1. The van der Waals surface area contributed by atoms with E-state index in [0.29, 0.717) is 11.1 Å². The van der Waals surface area contributed by atoms with Gasteiger partial charge in [-0.05, 0) is 18.2 Å². The van der Waals surface area contributed by atoms with Gasteiger partial charge >= 0.3 is 0 Å². The normalized spacial score (nSPS) is 13.9. The number of fused-ring (bicyclic) bond motifs is 1. The molecule has 88 valence electrons. The van der Waals surface area contributed by atoms with Gasteiger partial charge in [-0.25, -0.2) is 4.98 Å². The van der Waals surface area contributed by atoms with Gasteiger partial charge in [0, 0.05) is 17.4 Å². The highest BCUT2D eigenvalue weighted by atomic mass is 35.5. The molecule has 0 saturated heterocycles. The number of aromatic nitrogens is 1. The molecule has 1 aliphatic rings. The Kier molecular flexibility index (Phi) is 2.38. The fraction of sp³-hybridized carbons (Fsp3) is 0. The maximum absolute atomic E-state index is 8.16. The summed E-state index contributed by atoms with van der Waals surface area (Å²) in [5, 5.41) is 16.6. The van der Waals surface area contributed by atoms with Crippen LogP contribution >= 0.6 is 11.6 Å². The summed E-state index contributed by atoms with van der Waals surface area (Å²) in [7, 11) is 0. The van der Waals surface area contributed by atoms with Crippen LogP contribution in [0.1, 0.15) is 11.1 Å². The van der Waals surface area contributed by atoms with E-state index in [1.54, 1.807) is 17.2 Å². The Balaban J connectivity index is 2.17. The number of nitrogens with one attached hydrogen (secondary N) is 2. The van der Waals surface area contributed by atoms with Crippen LogP contribution in [0.4, 0.5) is 5.69 Å². The summed E-state index contributed by atoms with van der Waals surface area (Å²) < 4.78 is 0. The topological polar surface area (TPSA) is 63.8 Å². The minimum absolute atomic E-state index is 0.194. The van der Waals surface area contributed by atoms with E-state index in [2.05, 4.69) is 4.98 Å². The van der Waals surface area contributed by atoms with Crippen LogP contribution in [0, 0.1) is 10.8 Å². The molecule has 1 aromatic carbocycles. The minimum atomic E-state index is 0.194. The lowest BCUT2D eigenvalue weighted by Gasteiger charge is -2.17. The maximum Gasteiger partial charge on any atom is 0.142 e. The van der Waals surface area contributed by atoms with Crippen molar-refractivity contribution in [2.45, 2.75) is 0 Å². The van der Waals surface area contributed by atoms with Crippen LogP contribution in [-0.2, 0) is 0 Å². The van der Waals surface area contributed by atoms with Gasteiger partial charge in [-0.1, -0.05) is 29.8 Å². The second kappa shape index (κ2) is 3.92. The average Bonchev–Trinajstić information content (AvgIpc) is 2.64. The number of amidine groups is 2. The van der Waals surface area contributed by atoms with E-state index in [1.165, 1.54) is 0 Å². The van der Waals surface area contributed by atoms with E-state index in [0.717, 1.165) is 5.69 Å². The summed E-state index contributed by atoms with van der Waals surface area (Å²) in [4.78, 5) is 5.52. The van der Waals surface area contributed by atoms with E-state index >= 15 is 0 Å². The summed E-state index contributed by atoms with van der Waals surface area (Å²) in [5.74, 6) is 0.449. The summed E-state index contributed by atoms with van der Waals surface area (Å²) in [6.07, 6.45) is 1.55. The Morgan fingerprint density at radius 1 is 1.00 bits per heavy atom. The fourth-order valence-corrected chi connectivity index (χ4v) is 2.29. The molecule has 2 N–H and O–H groups in total. The molecular weight excluding hydrogens is 248 g/mol. The Morgan fingerprint density at radius 2 is 1.72 bits per heavy atom. The largest absolute Gasteiger partial charge is 0.283 e. The first-order chi connectivity index (χ1) is 8.70. The number of benzene rings is 1. The van der Waals surface area contributed by atoms with Gasteiger partial charge < -0.3 is 0 Å². The molecule has 18 heavy (non-hydrogen) atoms. The lowest BCUT2D eigenvalue weighted by molar-refractivity contribution is 1.30. The Labute approximate surface area is 109 Å². The summed E-state index contributed by atoms with van der Waals surface area (Å²) in [6.45, 7) is 0. The lowest BCUT2D eigenvalue weighted by atomic mass is 10.2. The quantitative estimate of drug-likeness (QED) is 0.771. The summed E-state index contributed by atoms with van der Waals surface area (Å²) in [6, 6.07) is 11.1. The van der Waals surface area contributed by atoms with Crippen LogP contribution in [0.3, 0.4) is 0 Å². The molecule has 4 nitrogen and oxygen atoms in total. The Hall–Kier alpha value is -2.20. The van der Waals surface area contributed by atoms with Crippen molar-refractivity contribution < 1.29 is 0 Å². The van der Waals surface area contributed by atoms with E-state index in [9.17, 15) is 0 Å². The van der Waals surface area contributed by atoms with Gasteiger partial charge in [-0.2, -0.15) is 0 Å². The standard InChI is InChI=1S/C13H9ClN4/c14-11-10-9(6-7-17-11)12(15)18(13(10)16)8-4-2-1-3-5-8/h1-7,15-16H. The zero-order chi connectivity index (χ0) is 12.7. The molecule has 2 heterocycles. The number of halogens is 1. The van der Waals surface area contributed by atoms with Crippen LogP contribution in [0.5, 0.6) is 0 Å². The SMILES string of the molecule is N=C1c2ccnc(Cl)c2C(=N)N1c1ccccc1. The minimum Gasteiger partial charge on any atom is -0.283 e. The monoisotopic (exact) mass is 256 g/mol. The number of hydrogen-bond donors (Lipinski definition) is 2. The maximum atomic E-state index is 8.16. The molecule has 0 amide bonds. The highest BCUT2D eigenvalue weighted by molar-refractivity contribution is 6.42. The average molecular weight is 257 g/mol. The number of nitrogens with zero attached hydrogens (tertiary/aromatic N) is 2. The van der Waals surface area contributed by atoms with Crippen molar-refractivity contribution in [3.05, 3.63) is 58.9 Å². The lowest BCUT2D eigenvalue weighted by Crippen LogP contribution is -2.29. The van der Waals surface area contributed by atoms with Crippen LogP contribution < -0.4 is 4.90 Å². The number of pyridine rings is 1. The highest BCUT2D eigenvalue weighted by Crippen LogP contribution is 2.30. The van der Waals surface area contributed by atoms with E-state index in [1.807, 2.05) is 30.3 Å². The van der Waals surface area contributed by atoms with Crippen LogP contribution in [-0.4, -0.2) is 16.7 Å². The smallest absolute Gasteiger partial charge is 0.142 e. The molecule has 0 fully saturated rings. The number of anilines is 1. The molecule has 3 rings (SSSR count). The molecule has 5 heteroatoms. The summed E-state index contributed by atoms with van der Waals surface area (Å²) in [5.41, 5.74) is 1.94. The third-order valence-corrected chi connectivity index (χ3v) is 3.14.